The van der Waals surface area contributed by atoms with Crippen LogP contribution in [0.3, 0.4) is 0 Å². The summed E-state index contributed by atoms with van der Waals surface area (Å²) in [6.45, 7) is 0.494. The van der Waals surface area contributed by atoms with Crippen molar-refractivity contribution in [3.8, 4) is 11.4 Å². The minimum atomic E-state index is -0.445. The van der Waals surface area contributed by atoms with Crippen LogP contribution in [0.2, 0.25) is 5.02 Å². The van der Waals surface area contributed by atoms with Crippen molar-refractivity contribution < 1.29 is 4.39 Å². The quantitative estimate of drug-likeness (QED) is 0.908. The zero-order valence-corrected chi connectivity index (χ0v) is 10.1. The molecule has 1 heterocycles. The minimum Gasteiger partial charge on any atom is -0.330 e. The molecule has 0 saturated carbocycles. The Bertz CT molecular complexity index is 538. The van der Waals surface area contributed by atoms with Gasteiger partial charge in [0.2, 0.25) is 0 Å². The highest BCUT2D eigenvalue weighted by molar-refractivity contribution is 6.31. The zero-order valence-electron chi connectivity index (χ0n) is 9.32. The molecule has 0 aliphatic heterocycles. The van der Waals surface area contributed by atoms with Crippen LogP contribution in [-0.4, -0.2) is 21.3 Å². The number of aryl methyl sites for hydroxylation is 1. The summed E-state index contributed by atoms with van der Waals surface area (Å²) in [4.78, 5) is 4.33. The van der Waals surface area contributed by atoms with Crippen LogP contribution < -0.4 is 5.73 Å². The summed E-state index contributed by atoms with van der Waals surface area (Å²) < 4.78 is 14.7. The molecule has 90 valence electrons. The van der Waals surface area contributed by atoms with Gasteiger partial charge in [0.1, 0.15) is 5.82 Å². The second-order valence-corrected chi connectivity index (χ2v) is 4.05. The van der Waals surface area contributed by atoms with E-state index in [1.165, 1.54) is 12.1 Å². The number of nitrogens with zero attached hydrogens (tertiary/aromatic N) is 3. The van der Waals surface area contributed by atoms with Crippen LogP contribution in [0.5, 0.6) is 0 Å². The third kappa shape index (κ3) is 2.45. The first-order chi connectivity index (χ1) is 8.11. The molecule has 0 atom stereocenters. The molecule has 4 nitrogen and oxygen atoms in total. The van der Waals surface area contributed by atoms with Crippen molar-refractivity contribution in [3.63, 3.8) is 0 Å². The third-order valence-electron chi connectivity index (χ3n) is 2.35. The third-order valence-corrected chi connectivity index (χ3v) is 2.64. The molecule has 0 aliphatic rings. The molecule has 0 amide bonds. The number of hydrogen-bond acceptors (Lipinski definition) is 3. The zero-order chi connectivity index (χ0) is 12.4. The predicted octanol–water partition coefficient (Wildman–Crippen LogP) is 1.78. The van der Waals surface area contributed by atoms with Gasteiger partial charge in [0, 0.05) is 19.0 Å². The van der Waals surface area contributed by atoms with Gasteiger partial charge in [0.05, 0.1) is 5.02 Å². The highest BCUT2D eigenvalue weighted by Crippen LogP contribution is 2.23. The second kappa shape index (κ2) is 4.81. The lowest BCUT2D eigenvalue weighted by molar-refractivity contribution is 0.628. The highest BCUT2D eigenvalue weighted by Gasteiger charge is 2.10. The lowest BCUT2D eigenvalue weighted by Crippen LogP contribution is -2.04. The molecule has 6 heteroatoms. The molecule has 2 aromatic rings. The molecule has 1 aromatic carbocycles. The van der Waals surface area contributed by atoms with Gasteiger partial charge in [0.25, 0.3) is 0 Å². The topological polar surface area (TPSA) is 56.7 Å². The maximum absolute atomic E-state index is 13.0. The smallest absolute Gasteiger partial charge is 0.158 e. The van der Waals surface area contributed by atoms with Gasteiger partial charge in [0.15, 0.2) is 11.6 Å². The number of hydrogen-bond donors (Lipinski definition) is 1. The minimum absolute atomic E-state index is 0.0749. The van der Waals surface area contributed by atoms with E-state index in [-0.39, 0.29) is 5.02 Å². The van der Waals surface area contributed by atoms with E-state index in [1.54, 1.807) is 17.8 Å². The highest BCUT2D eigenvalue weighted by atomic mass is 35.5. The maximum Gasteiger partial charge on any atom is 0.158 e. The van der Waals surface area contributed by atoms with Crippen LogP contribution in [0.15, 0.2) is 18.2 Å². The van der Waals surface area contributed by atoms with Gasteiger partial charge in [-0.05, 0) is 24.7 Å². The number of rotatable bonds is 3. The molecule has 0 fully saturated rings. The number of benzene rings is 1. The van der Waals surface area contributed by atoms with E-state index in [0.29, 0.717) is 24.6 Å². The van der Waals surface area contributed by atoms with Gasteiger partial charge in [-0.2, -0.15) is 5.10 Å². The Kier molecular flexibility index (Phi) is 3.40. The molecule has 0 radical (unpaired) electrons. The molecule has 2 rings (SSSR count). The van der Waals surface area contributed by atoms with Crippen molar-refractivity contribution in [2.45, 2.75) is 6.42 Å². The van der Waals surface area contributed by atoms with Crippen LogP contribution in [-0.2, 0) is 13.5 Å². The SMILES string of the molecule is Cn1nc(CCN)nc1-c1ccc(F)c(Cl)c1. The Morgan fingerprint density at radius 1 is 1.47 bits per heavy atom. The van der Waals surface area contributed by atoms with Gasteiger partial charge in [-0.15, -0.1) is 0 Å². The molecule has 0 spiro atoms. The van der Waals surface area contributed by atoms with E-state index in [0.717, 1.165) is 5.56 Å². The van der Waals surface area contributed by atoms with Crippen molar-refractivity contribution in [2.75, 3.05) is 6.54 Å². The molecule has 17 heavy (non-hydrogen) atoms. The van der Waals surface area contributed by atoms with E-state index < -0.39 is 5.82 Å². The number of halogens is 2. The Morgan fingerprint density at radius 2 is 2.24 bits per heavy atom. The Labute approximate surface area is 103 Å². The molecule has 2 N–H and O–H groups in total. The van der Waals surface area contributed by atoms with E-state index >= 15 is 0 Å². The van der Waals surface area contributed by atoms with Crippen LogP contribution in [0.1, 0.15) is 5.82 Å². The molecular weight excluding hydrogens is 243 g/mol. The summed E-state index contributed by atoms with van der Waals surface area (Å²) >= 11 is 5.73. The lowest BCUT2D eigenvalue weighted by Gasteiger charge is -2.01. The van der Waals surface area contributed by atoms with Crippen LogP contribution in [0, 0.1) is 5.82 Å². The average Bonchev–Trinajstić information content (AvgIpc) is 2.64. The summed E-state index contributed by atoms with van der Waals surface area (Å²) in [7, 11) is 1.78. The van der Waals surface area contributed by atoms with Crippen LogP contribution >= 0.6 is 11.6 Å². The fraction of sp³-hybridized carbons (Fsp3) is 0.273. The van der Waals surface area contributed by atoms with Crippen molar-refractivity contribution in [3.05, 3.63) is 34.9 Å². The largest absolute Gasteiger partial charge is 0.330 e. The summed E-state index contributed by atoms with van der Waals surface area (Å²) in [6.07, 6.45) is 0.614. The Morgan fingerprint density at radius 3 is 2.88 bits per heavy atom. The Balaban J connectivity index is 2.41. The van der Waals surface area contributed by atoms with E-state index in [9.17, 15) is 4.39 Å². The van der Waals surface area contributed by atoms with Gasteiger partial charge >= 0.3 is 0 Å². The normalized spacial score (nSPS) is 10.8. The standard InChI is InChI=1S/C11H12ClFN4/c1-17-11(15-10(16-17)4-5-14)7-2-3-9(13)8(12)6-7/h2-3,6H,4-5,14H2,1H3. The van der Waals surface area contributed by atoms with Gasteiger partial charge in [-0.3, -0.25) is 0 Å². The lowest BCUT2D eigenvalue weighted by atomic mass is 10.2. The van der Waals surface area contributed by atoms with Crippen molar-refractivity contribution >= 4 is 11.6 Å². The van der Waals surface area contributed by atoms with E-state index in [4.69, 9.17) is 17.3 Å². The van der Waals surface area contributed by atoms with E-state index in [2.05, 4.69) is 10.1 Å². The summed E-state index contributed by atoms with van der Waals surface area (Å²) in [6, 6.07) is 4.47. The molecule has 1 aromatic heterocycles. The maximum atomic E-state index is 13.0. The van der Waals surface area contributed by atoms with E-state index in [1.807, 2.05) is 0 Å². The average molecular weight is 255 g/mol. The molecular formula is C11H12ClFN4. The first kappa shape index (κ1) is 12.0. The van der Waals surface area contributed by atoms with Crippen molar-refractivity contribution in [1.82, 2.24) is 14.8 Å². The van der Waals surface area contributed by atoms with Crippen LogP contribution in [0.4, 0.5) is 4.39 Å². The van der Waals surface area contributed by atoms with Crippen molar-refractivity contribution in [1.29, 1.82) is 0 Å². The summed E-state index contributed by atoms with van der Waals surface area (Å²) in [5.41, 5.74) is 6.17. The molecule has 0 saturated heterocycles. The first-order valence-electron chi connectivity index (χ1n) is 5.17. The fourth-order valence-corrected chi connectivity index (χ4v) is 1.74. The van der Waals surface area contributed by atoms with Gasteiger partial charge in [-0.1, -0.05) is 11.6 Å². The van der Waals surface area contributed by atoms with Gasteiger partial charge < -0.3 is 5.73 Å². The molecule has 0 bridgehead atoms. The molecule has 0 unspecified atom stereocenters. The summed E-state index contributed by atoms with van der Waals surface area (Å²) in [5.74, 6) is 0.876. The summed E-state index contributed by atoms with van der Waals surface area (Å²) in [5, 5.41) is 4.29. The second-order valence-electron chi connectivity index (χ2n) is 3.64. The first-order valence-corrected chi connectivity index (χ1v) is 5.55. The number of nitrogens with two attached hydrogens (primary N) is 1. The van der Waals surface area contributed by atoms with Crippen LogP contribution in [0.25, 0.3) is 11.4 Å². The van der Waals surface area contributed by atoms with Gasteiger partial charge in [-0.25, -0.2) is 14.1 Å². The Hall–Kier alpha value is -1.46. The molecule has 0 aliphatic carbocycles. The van der Waals surface area contributed by atoms with Crippen molar-refractivity contribution in [2.24, 2.45) is 12.8 Å². The number of aromatic nitrogens is 3. The predicted molar refractivity (Wildman–Crippen MR) is 64.2 cm³/mol. The monoisotopic (exact) mass is 254 g/mol. The fourth-order valence-electron chi connectivity index (χ4n) is 1.56.